The summed E-state index contributed by atoms with van der Waals surface area (Å²) in [6.07, 6.45) is 1.49. The van der Waals surface area contributed by atoms with Crippen molar-refractivity contribution in [2.24, 2.45) is 0 Å². The number of imide groups is 1. The Morgan fingerprint density at radius 1 is 1.08 bits per heavy atom. The predicted molar refractivity (Wildman–Crippen MR) is 141 cm³/mol. The zero-order chi connectivity index (χ0) is 26.5. The van der Waals surface area contributed by atoms with Crippen molar-refractivity contribution in [3.63, 3.8) is 0 Å². The van der Waals surface area contributed by atoms with Crippen LogP contribution >= 0.6 is 35.0 Å². The lowest BCUT2D eigenvalue weighted by Crippen LogP contribution is -2.36. The van der Waals surface area contributed by atoms with Crippen LogP contribution in [0.5, 0.6) is 11.5 Å². The number of thioether (sulfide) groups is 1. The zero-order valence-electron chi connectivity index (χ0n) is 19.3. The van der Waals surface area contributed by atoms with Crippen molar-refractivity contribution >= 4 is 63.8 Å². The molecule has 3 amide bonds. The predicted octanol–water partition coefficient (Wildman–Crippen LogP) is 6.40. The van der Waals surface area contributed by atoms with E-state index in [0.29, 0.717) is 39.5 Å². The first-order valence-corrected chi connectivity index (χ1v) is 12.4. The summed E-state index contributed by atoms with van der Waals surface area (Å²) in [6.45, 7) is -0.258. The molecular weight excluding hydrogens is 542 g/mol. The first-order chi connectivity index (χ1) is 17.7. The highest BCUT2D eigenvalue weighted by atomic mass is 35.5. The third-order valence-electron chi connectivity index (χ3n) is 5.15. The molecule has 1 N–H and O–H groups in total. The summed E-state index contributed by atoms with van der Waals surface area (Å²) in [4.78, 5) is 38.5. The maximum absolute atomic E-state index is 13.0. The normalized spacial score (nSPS) is 14.3. The lowest BCUT2D eigenvalue weighted by Gasteiger charge is -2.14. The van der Waals surface area contributed by atoms with Crippen LogP contribution in [-0.4, -0.2) is 35.6 Å². The Bertz CT molecular complexity index is 1380. The zero-order valence-corrected chi connectivity index (χ0v) is 21.6. The van der Waals surface area contributed by atoms with Crippen LogP contribution in [0.1, 0.15) is 11.1 Å². The summed E-state index contributed by atoms with van der Waals surface area (Å²) >= 11 is 13.1. The third kappa shape index (κ3) is 6.62. The lowest BCUT2D eigenvalue weighted by molar-refractivity contribution is -0.127. The molecule has 3 aromatic rings. The van der Waals surface area contributed by atoms with Crippen molar-refractivity contribution in [1.29, 1.82) is 0 Å². The van der Waals surface area contributed by atoms with Gasteiger partial charge in [0.2, 0.25) is 5.91 Å². The number of anilines is 1. The minimum Gasteiger partial charge on any atom is -0.493 e. The highest BCUT2D eigenvalue weighted by Crippen LogP contribution is 2.39. The van der Waals surface area contributed by atoms with Gasteiger partial charge in [-0.25, -0.2) is 4.39 Å². The number of rotatable bonds is 8. The van der Waals surface area contributed by atoms with Crippen molar-refractivity contribution < 1.29 is 28.2 Å². The number of nitrogens with zero attached hydrogens (tertiary/aromatic N) is 1. The van der Waals surface area contributed by atoms with Crippen molar-refractivity contribution in [1.82, 2.24) is 4.90 Å². The minimum atomic E-state index is -0.623. The highest BCUT2D eigenvalue weighted by Gasteiger charge is 2.36. The van der Waals surface area contributed by atoms with Gasteiger partial charge in [0.15, 0.2) is 11.5 Å². The van der Waals surface area contributed by atoms with Crippen LogP contribution in [-0.2, 0) is 16.2 Å². The molecule has 0 aromatic heterocycles. The number of benzene rings is 3. The van der Waals surface area contributed by atoms with Gasteiger partial charge in [-0.05, 0) is 77.5 Å². The average molecular weight is 561 g/mol. The summed E-state index contributed by atoms with van der Waals surface area (Å²) in [5, 5.41) is 2.79. The monoisotopic (exact) mass is 560 g/mol. The van der Waals surface area contributed by atoms with E-state index in [1.807, 2.05) is 12.1 Å². The highest BCUT2D eigenvalue weighted by molar-refractivity contribution is 8.18. The Balaban J connectivity index is 1.46. The second-order valence-corrected chi connectivity index (χ2v) is 9.61. The topological polar surface area (TPSA) is 84.9 Å². The fourth-order valence-electron chi connectivity index (χ4n) is 3.36. The van der Waals surface area contributed by atoms with Gasteiger partial charge < -0.3 is 14.8 Å². The summed E-state index contributed by atoms with van der Waals surface area (Å²) in [6, 6.07) is 15.5. The van der Waals surface area contributed by atoms with Crippen LogP contribution < -0.4 is 14.8 Å². The summed E-state index contributed by atoms with van der Waals surface area (Å²) in [5.41, 5.74) is 1.72. The Kier molecular flexibility index (Phi) is 8.38. The maximum Gasteiger partial charge on any atom is 0.294 e. The number of ether oxygens (including phenoxy) is 2. The van der Waals surface area contributed by atoms with Crippen molar-refractivity contribution in [3.8, 4) is 11.5 Å². The maximum atomic E-state index is 13.0. The van der Waals surface area contributed by atoms with Crippen molar-refractivity contribution in [2.75, 3.05) is 19.0 Å². The van der Waals surface area contributed by atoms with Gasteiger partial charge in [0.05, 0.1) is 17.0 Å². The molecule has 11 heteroatoms. The number of carbonyl (C=O) groups excluding carboxylic acids is 3. The minimum absolute atomic E-state index is 0.118. The molecule has 0 spiro atoms. The molecule has 0 saturated carbocycles. The molecule has 0 aliphatic carbocycles. The van der Waals surface area contributed by atoms with Crippen LogP contribution in [0.2, 0.25) is 10.0 Å². The molecule has 1 aliphatic heterocycles. The van der Waals surface area contributed by atoms with E-state index in [1.165, 1.54) is 37.5 Å². The van der Waals surface area contributed by atoms with E-state index in [0.717, 1.165) is 10.5 Å². The van der Waals surface area contributed by atoms with Crippen LogP contribution in [0.4, 0.5) is 14.9 Å². The van der Waals surface area contributed by atoms with E-state index in [2.05, 4.69) is 5.32 Å². The Morgan fingerprint density at radius 3 is 2.46 bits per heavy atom. The van der Waals surface area contributed by atoms with E-state index >= 15 is 0 Å². The van der Waals surface area contributed by atoms with Crippen LogP contribution in [0.15, 0.2) is 65.6 Å². The second kappa shape index (κ2) is 11.7. The summed E-state index contributed by atoms with van der Waals surface area (Å²) in [7, 11) is 1.46. The van der Waals surface area contributed by atoms with Gasteiger partial charge >= 0.3 is 0 Å². The number of halogens is 3. The molecule has 1 aliphatic rings. The molecule has 4 rings (SSSR count). The van der Waals surface area contributed by atoms with E-state index < -0.39 is 29.4 Å². The molecule has 190 valence electrons. The standard InChI is InChI=1S/C26H19Cl2FN2O5S/c1-35-21-11-16(10-20(28)24(21)36-14-15-2-4-17(27)5-3-15)12-22-25(33)31(26(34)37-22)13-23(32)30-19-8-6-18(29)7-9-19/h2-12H,13-14H2,1H3,(H,30,32)/b22-12-. The molecule has 3 aromatic carbocycles. The van der Waals surface area contributed by atoms with Gasteiger partial charge in [-0.2, -0.15) is 0 Å². The summed E-state index contributed by atoms with van der Waals surface area (Å²) in [5.74, 6) is -1.01. The molecule has 0 bridgehead atoms. The van der Waals surface area contributed by atoms with E-state index in [-0.39, 0.29) is 16.5 Å². The largest absolute Gasteiger partial charge is 0.493 e. The van der Waals surface area contributed by atoms with E-state index in [9.17, 15) is 18.8 Å². The van der Waals surface area contributed by atoms with Crippen molar-refractivity contribution in [2.45, 2.75) is 6.61 Å². The second-order valence-electron chi connectivity index (χ2n) is 7.77. The number of carbonyl (C=O) groups is 3. The van der Waals surface area contributed by atoms with E-state index in [4.69, 9.17) is 32.7 Å². The van der Waals surface area contributed by atoms with Crippen LogP contribution in [0.25, 0.3) is 6.08 Å². The number of nitrogens with one attached hydrogen (secondary N) is 1. The van der Waals surface area contributed by atoms with Crippen LogP contribution in [0.3, 0.4) is 0 Å². The number of methoxy groups -OCH3 is 1. The molecule has 1 saturated heterocycles. The quantitative estimate of drug-likeness (QED) is 0.321. The molecule has 0 radical (unpaired) electrons. The SMILES string of the molecule is COc1cc(/C=C2\SC(=O)N(CC(=O)Nc3ccc(F)cc3)C2=O)cc(Cl)c1OCc1ccc(Cl)cc1. The molecule has 1 heterocycles. The first-order valence-electron chi connectivity index (χ1n) is 10.8. The molecule has 37 heavy (non-hydrogen) atoms. The van der Waals surface area contributed by atoms with Gasteiger partial charge in [-0.3, -0.25) is 19.3 Å². The fraction of sp³-hybridized carbons (Fsp3) is 0.115. The average Bonchev–Trinajstić information content (AvgIpc) is 3.12. The molecule has 1 fully saturated rings. The number of amides is 3. The molecule has 0 atom stereocenters. The lowest BCUT2D eigenvalue weighted by atomic mass is 10.1. The first kappa shape index (κ1) is 26.5. The van der Waals surface area contributed by atoms with E-state index in [1.54, 1.807) is 24.3 Å². The van der Waals surface area contributed by atoms with Gasteiger partial charge in [-0.15, -0.1) is 0 Å². The smallest absolute Gasteiger partial charge is 0.294 e. The van der Waals surface area contributed by atoms with Gasteiger partial charge in [0.1, 0.15) is 19.0 Å². The Labute approximate surface area is 226 Å². The van der Waals surface area contributed by atoms with Crippen molar-refractivity contribution in [3.05, 3.63) is 92.6 Å². The Hall–Kier alpha value is -3.53. The Morgan fingerprint density at radius 2 is 1.78 bits per heavy atom. The number of hydrogen-bond acceptors (Lipinski definition) is 6. The fourth-order valence-corrected chi connectivity index (χ4v) is 4.60. The summed E-state index contributed by atoms with van der Waals surface area (Å²) < 4.78 is 24.3. The third-order valence-corrected chi connectivity index (χ3v) is 6.59. The van der Waals surface area contributed by atoms with Gasteiger partial charge in [-0.1, -0.05) is 35.3 Å². The molecular formula is C26H19Cl2FN2O5S. The number of hydrogen-bond donors (Lipinski definition) is 1. The van der Waals surface area contributed by atoms with Gasteiger partial charge in [0.25, 0.3) is 11.1 Å². The van der Waals surface area contributed by atoms with Gasteiger partial charge in [0, 0.05) is 10.7 Å². The molecule has 7 nitrogen and oxygen atoms in total. The van der Waals surface area contributed by atoms with Crippen LogP contribution in [0, 0.1) is 5.82 Å². The molecule has 0 unspecified atom stereocenters.